The minimum absolute atomic E-state index is 0.148. The maximum absolute atomic E-state index is 9.17. The molecule has 0 unspecified atom stereocenters. The van der Waals surface area contributed by atoms with Crippen molar-refractivity contribution in [2.75, 3.05) is 26.3 Å². The minimum Gasteiger partial charge on any atom is -0.396 e. The third-order valence-electron chi connectivity index (χ3n) is 5.63. The number of ether oxygens (including phenoxy) is 1. The van der Waals surface area contributed by atoms with Crippen molar-refractivity contribution >= 4 is 5.52 Å². The van der Waals surface area contributed by atoms with E-state index in [1.807, 2.05) is 23.0 Å². The first-order chi connectivity index (χ1) is 12.8. The van der Waals surface area contributed by atoms with Crippen LogP contribution in [0.15, 0.2) is 42.9 Å². The number of hydrogen-bond donors (Lipinski definition) is 1. The van der Waals surface area contributed by atoms with E-state index >= 15 is 0 Å². The number of aromatic nitrogens is 4. The van der Waals surface area contributed by atoms with E-state index < -0.39 is 0 Å². The van der Waals surface area contributed by atoms with Gasteiger partial charge in [0.25, 0.3) is 0 Å². The first kappa shape index (κ1) is 16.0. The molecule has 5 rings (SSSR count). The Balaban J connectivity index is 1.43. The van der Waals surface area contributed by atoms with E-state index in [9.17, 15) is 5.11 Å². The summed E-state index contributed by atoms with van der Waals surface area (Å²) >= 11 is 0. The molecule has 1 N–H and O–H groups in total. The molecule has 2 fully saturated rings. The zero-order chi connectivity index (χ0) is 17.5. The second-order valence-corrected chi connectivity index (χ2v) is 7.20. The van der Waals surface area contributed by atoms with Crippen LogP contribution in [0.4, 0.5) is 0 Å². The van der Waals surface area contributed by atoms with Crippen LogP contribution in [0.1, 0.15) is 18.9 Å². The molecule has 0 spiro atoms. The number of aliphatic hydroxyl groups is 1. The van der Waals surface area contributed by atoms with Crippen LogP contribution in [0.5, 0.6) is 0 Å². The molecular weight excluding hydrogens is 330 g/mol. The Morgan fingerprint density at radius 3 is 3.04 bits per heavy atom. The molecule has 136 valence electrons. The van der Waals surface area contributed by atoms with E-state index in [1.54, 1.807) is 0 Å². The van der Waals surface area contributed by atoms with Crippen LogP contribution in [0.2, 0.25) is 0 Å². The van der Waals surface area contributed by atoms with Gasteiger partial charge < -0.3 is 14.4 Å². The van der Waals surface area contributed by atoms with E-state index in [0.29, 0.717) is 18.5 Å². The summed E-state index contributed by atoms with van der Waals surface area (Å²) in [6.45, 7) is 2.83. The van der Waals surface area contributed by atoms with Gasteiger partial charge in [-0.1, -0.05) is 6.07 Å². The molecular formula is C19H23N5O2. The topological polar surface area (TPSA) is 67.8 Å². The number of pyridine rings is 1. The fraction of sp³-hybridized carbons (Fsp3) is 0.474. The van der Waals surface area contributed by atoms with Gasteiger partial charge in [-0.05, 0) is 31.0 Å². The molecule has 2 aliphatic heterocycles. The van der Waals surface area contributed by atoms with Crippen LogP contribution in [-0.2, 0) is 4.74 Å². The minimum atomic E-state index is 0.148. The molecule has 0 radical (unpaired) electrons. The quantitative estimate of drug-likeness (QED) is 0.772. The Labute approximate surface area is 151 Å². The Kier molecular flexibility index (Phi) is 4.00. The Hall–Kier alpha value is -2.22. The van der Waals surface area contributed by atoms with Gasteiger partial charge in [0.05, 0.1) is 24.4 Å². The maximum atomic E-state index is 9.17. The van der Waals surface area contributed by atoms with Crippen molar-refractivity contribution < 1.29 is 9.84 Å². The summed E-state index contributed by atoms with van der Waals surface area (Å²) in [5, 5.41) is 13.6. The molecule has 0 aromatic carbocycles. The summed E-state index contributed by atoms with van der Waals surface area (Å²) in [4.78, 5) is 7.15. The van der Waals surface area contributed by atoms with E-state index in [4.69, 9.17) is 4.74 Å². The highest BCUT2D eigenvalue weighted by Crippen LogP contribution is 2.33. The Morgan fingerprint density at radius 2 is 2.12 bits per heavy atom. The van der Waals surface area contributed by atoms with Gasteiger partial charge in [0.15, 0.2) is 5.82 Å². The van der Waals surface area contributed by atoms with Crippen molar-refractivity contribution in [3.05, 3.63) is 42.9 Å². The van der Waals surface area contributed by atoms with Crippen LogP contribution < -0.4 is 0 Å². The summed E-state index contributed by atoms with van der Waals surface area (Å²) < 4.78 is 10.2. The average Bonchev–Trinajstić information content (AvgIpc) is 3.39. The Bertz CT molecular complexity index is 904. The largest absolute Gasteiger partial charge is 0.396 e. The average molecular weight is 353 g/mol. The molecule has 2 saturated heterocycles. The van der Waals surface area contributed by atoms with Crippen LogP contribution >= 0.6 is 0 Å². The third kappa shape index (κ3) is 2.63. The predicted molar refractivity (Wildman–Crippen MR) is 96.9 cm³/mol. The maximum Gasteiger partial charge on any atom is 0.159 e. The first-order valence-corrected chi connectivity index (χ1v) is 9.26. The number of fused-ring (bicyclic) bond motifs is 2. The van der Waals surface area contributed by atoms with Crippen molar-refractivity contribution in [2.45, 2.75) is 31.0 Å². The van der Waals surface area contributed by atoms with Crippen LogP contribution in [0.25, 0.3) is 17.0 Å². The van der Waals surface area contributed by atoms with E-state index in [0.717, 1.165) is 43.2 Å². The van der Waals surface area contributed by atoms with Crippen molar-refractivity contribution in [2.24, 2.45) is 0 Å². The van der Waals surface area contributed by atoms with Crippen molar-refractivity contribution in [1.82, 2.24) is 24.1 Å². The molecule has 0 bridgehead atoms. The molecule has 3 aromatic rings. The zero-order valence-electron chi connectivity index (χ0n) is 14.6. The molecule has 0 aliphatic carbocycles. The lowest BCUT2D eigenvalue weighted by molar-refractivity contribution is -0.0567. The summed E-state index contributed by atoms with van der Waals surface area (Å²) in [6, 6.07) is 9.01. The molecule has 0 amide bonds. The molecule has 7 nitrogen and oxygen atoms in total. The number of imidazole rings is 1. The second kappa shape index (κ2) is 6.50. The zero-order valence-corrected chi connectivity index (χ0v) is 14.6. The van der Waals surface area contributed by atoms with Crippen molar-refractivity contribution in [1.29, 1.82) is 0 Å². The van der Waals surface area contributed by atoms with E-state index in [-0.39, 0.29) is 12.7 Å². The van der Waals surface area contributed by atoms with Gasteiger partial charge in [-0.2, -0.15) is 5.10 Å². The van der Waals surface area contributed by atoms with E-state index in [1.165, 1.54) is 0 Å². The summed E-state index contributed by atoms with van der Waals surface area (Å²) in [5.41, 5.74) is 2.08. The second-order valence-electron chi connectivity index (χ2n) is 7.20. The number of aliphatic hydroxyl groups excluding tert-OH is 1. The first-order valence-electron chi connectivity index (χ1n) is 9.26. The fourth-order valence-corrected chi connectivity index (χ4v) is 4.36. The lowest BCUT2D eigenvalue weighted by Crippen LogP contribution is -2.46. The summed E-state index contributed by atoms with van der Waals surface area (Å²) in [5.74, 6) is 0.956. The molecule has 2 aliphatic rings. The molecule has 5 heterocycles. The summed E-state index contributed by atoms with van der Waals surface area (Å²) in [6.07, 6.45) is 7.69. The SMILES string of the molecule is OCC[C@H]1CN2C[C@@H](n3ccnc3-c3cccc4ccnn34)C[C@H]2CO1. The van der Waals surface area contributed by atoms with Crippen LogP contribution in [-0.4, -0.2) is 67.6 Å². The fourth-order valence-electron chi connectivity index (χ4n) is 4.36. The van der Waals surface area contributed by atoms with Gasteiger partial charge in [0.1, 0.15) is 5.69 Å². The van der Waals surface area contributed by atoms with Gasteiger partial charge in [0.2, 0.25) is 0 Å². The normalized spacial score (nSPS) is 26.4. The highest BCUT2D eigenvalue weighted by Gasteiger charge is 2.38. The van der Waals surface area contributed by atoms with Gasteiger partial charge in [-0.3, -0.25) is 4.90 Å². The number of hydrogen-bond acceptors (Lipinski definition) is 5. The predicted octanol–water partition coefficient (Wildman–Crippen LogP) is 1.59. The van der Waals surface area contributed by atoms with E-state index in [2.05, 4.69) is 43.9 Å². The molecule has 3 aromatic heterocycles. The van der Waals surface area contributed by atoms with Crippen LogP contribution in [0, 0.1) is 0 Å². The smallest absolute Gasteiger partial charge is 0.159 e. The third-order valence-corrected chi connectivity index (χ3v) is 5.63. The monoisotopic (exact) mass is 353 g/mol. The molecule has 26 heavy (non-hydrogen) atoms. The lowest BCUT2D eigenvalue weighted by Gasteiger charge is -2.34. The van der Waals surface area contributed by atoms with Gasteiger partial charge in [0, 0.05) is 44.2 Å². The number of morpholine rings is 1. The highest BCUT2D eigenvalue weighted by molar-refractivity contribution is 5.59. The summed E-state index contributed by atoms with van der Waals surface area (Å²) in [7, 11) is 0. The number of rotatable bonds is 4. The standard InChI is InChI=1S/C19H23N5O2/c25-9-5-17-12-22-11-15(10-16(22)13-26-17)23-8-7-20-19(23)18-3-1-2-14-4-6-21-24(14)18/h1-4,6-8,15-17,25H,5,9-13H2/t15-,16-,17-/m0/s1. The Morgan fingerprint density at radius 1 is 1.15 bits per heavy atom. The molecule has 7 heteroatoms. The molecule has 0 saturated carbocycles. The van der Waals surface area contributed by atoms with Gasteiger partial charge in [-0.15, -0.1) is 0 Å². The number of nitrogens with zero attached hydrogens (tertiary/aromatic N) is 5. The van der Waals surface area contributed by atoms with Gasteiger partial charge in [-0.25, -0.2) is 9.50 Å². The van der Waals surface area contributed by atoms with Gasteiger partial charge >= 0.3 is 0 Å². The van der Waals surface area contributed by atoms with Crippen molar-refractivity contribution in [3.8, 4) is 11.5 Å². The highest BCUT2D eigenvalue weighted by atomic mass is 16.5. The van der Waals surface area contributed by atoms with Crippen LogP contribution in [0.3, 0.4) is 0 Å². The molecule has 3 atom stereocenters. The lowest BCUT2D eigenvalue weighted by atomic mass is 10.1. The van der Waals surface area contributed by atoms with Crippen molar-refractivity contribution in [3.63, 3.8) is 0 Å².